The zero-order valence-corrected chi connectivity index (χ0v) is 10.7. The quantitative estimate of drug-likeness (QED) is 0.732. The van der Waals surface area contributed by atoms with Crippen LogP contribution in [0.15, 0.2) is 17.5 Å². The molecule has 0 saturated carbocycles. The van der Waals surface area contributed by atoms with Gasteiger partial charge < -0.3 is 0 Å². The van der Waals surface area contributed by atoms with E-state index < -0.39 is 0 Å². The molecule has 0 bridgehead atoms. The first-order valence-corrected chi connectivity index (χ1v) is 6.51. The summed E-state index contributed by atoms with van der Waals surface area (Å²) in [5, 5.41) is 2.39. The summed E-state index contributed by atoms with van der Waals surface area (Å²) in [6.45, 7) is 3.97. The van der Waals surface area contributed by atoms with Gasteiger partial charge in [0.15, 0.2) is 0 Å². The van der Waals surface area contributed by atoms with Gasteiger partial charge >= 0.3 is 0 Å². The molecule has 0 amide bonds. The highest BCUT2D eigenvalue weighted by Crippen LogP contribution is 2.29. The molecule has 0 aliphatic heterocycles. The van der Waals surface area contributed by atoms with Crippen LogP contribution in [0.2, 0.25) is 5.02 Å². The van der Waals surface area contributed by atoms with Crippen molar-refractivity contribution < 1.29 is 4.79 Å². The van der Waals surface area contributed by atoms with E-state index in [2.05, 4.69) is 0 Å². The van der Waals surface area contributed by atoms with E-state index in [4.69, 9.17) is 11.6 Å². The highest BCUT2D eigenvalue weighted by atomic mass is 35.5. The summed E-state index contributed by atoms with van der Waals surface area (Å²) in [7, 11) is 0. The Hall–Kier alpha value is -0.640. The lowest BCUT2D eigenvalue weighted by Gasteiger charge is -1.96. The Balaban J connectivity index is 2.45. The van der Waals surface area contributed by atoms with Crippen LogP contribution in [0, 0.1) is 13.8 Å². The molecule has 0 aromatic carbocycles. The number of carbonyl (C=O) groups is 1. The van der Waals surface area contributed by atoms with Gasteiger partial charge in [0.25, 0.3) is 0 Å². The van der Waals surface area contributed by atoms with Crippen molar-refractivity contribution in [3.05, 3.63) is 42.7 Å². The van der Waals surface area contributed by atoms with Crippen molar-refractivity contribution in [2.24, 2.45) is 0 Å². The summed E-state index contributed by atoms with van der Waals surface area (Å²) in [6, 6.07) is 3.69. The van der Waals surface area contributed by atoms with Gasteiger partial charge in [-0.1, -0.05) is 11.6 Å². The summed E-state index contributed by atoms with van der Waals surface area (Å²) in [6.07, 6.45) is 0. The normalized spacial score (nSPS) is 10.6. The lowest BCUT2D eigenvalue weighted by atomic mass is 10.1. The Bertz CT molecular complexity index is 510. The molecular formula is C11H9ClOS2. The average Bonchev–Trinajstić information content (AvgIpc) is 2.71. The van der Waals surface area contributed by atoms with E-state index in [-0.39, 0.29) is 5.78 Å². The molecule has 0 aliphatic rings. The van der Waals surface area contributed by atoms with Crippen LogP contribution in [0.25, 0.3) is 0 Å². The SMILES string of the molecule is Cc1cc(C(=O)c2sccc2Cl)c(C)s1. The van der Waals surface area contributed by atoms with Crippen LogP contribution in [0.1, 0.15) is 25.0 Å². The lowest BCUT2D eigenvalue weighted by Crippen LogP contribution is -1.98. The molecule has 0 atom stereocenters. The molecule has 2 rings (SSSR count). The first-order chi connectivity index (χ1) is 7.09. The van der Waals surface area contributed by atoms with Gasteiger partial charge in [0, 0.05) is 15.3 Å². The van der Waals surface area contributed by atoms with Crippen LogP contribution in [0.3, 0.4) is 0 Å². The molecule has 78 valence electrons. The molecule has 0 aliphatic carbocycles. The predicted molar refractivity (Wildman–Crippen MR) is 66.6 cm³/mol. The molecule has 0 unspecified atom stereocenters. The van der Waals surface area contributed by atoms with Crippen LogP contribution >= 0.6 is 34.3 Å². The summed E-state index contributed by atoms with van der Waals surface area (Å²) >= 11 is 8.97. The van der Waals surface area contributed by atoms with Crippen molar-refractivity contribution >= 4 is 40.1 Å². The fourth-order valence-electron chi connectivity index (χ4n) is 1.43. The van der Waals surface area contributed by atoms with Crippen molar-refractivity contribution in [2.45, 2.75) is 13.8 Å². The monoisotopic (exact) mass is 256 g/mol. The second-order valence-corrected chi connectivity index (χ2v) is 6.04. The van der Waals surface area contributed by atoms with Crippen LogP contribution < -0.4 is 0 Å². The Morgan fingerprint density at radius 2 is 2.13 bits per heavy atom. The molecule has 15 heavy (non-hydrogen) atoms. The molecule has 4 heteroatoms. The Labute approximate surface area is 101 Å². The molecule has 0 spiro atoms. The molecular weight excluding hydrogens is 248 g/mol. The number of halogens is 1. The van der Waals surface area contributed by atoms with Gasteiger partial charge in [-0.15, -0.1) is 22.7 Å². The number of hydrogen-bond acceptors (Lipinski definition) is 3. The summed E-state index contributed by atoms with van der Waals surface area (Å²) in [4.78, 5) is 14.9. The number of carbonyl (C=O) groups excluding carboxylic acids is 1. The predicted octanol–water partition coefficient (Wildman–Crippen LogP) is 4.31. The van der Waals surface area contributed by atoms with Crippen LogP contribution in [0.5, 0.6) is 0 Å². The van der Waals surface area contributed by atoms with Gasteiger partial charge in [-0.25, -0.2) is 0 Å². The van der Waals surface area contributed by atoms with E-state index >= 15 is 0 Å². The zero-order chi connectivity index (χ0) is 11.0. The third kappa shape index (κ3) is 2.00. The maximum atomic E-state index is 12.1. The molecule has 2 aromatic rings. The maximum absolute atomic E-state index is 12.1. The standard InChI is InChI=1S/C11H9ClOS2/c1-6-5-8(7(2)15-6)10(13)11-9(12)3-4-14-11/h3-5H,1-2H3. The van der Waals surface area contributed by atoms with Crippen LogP contribution in [-0.4, -0.2) is 5.78 Å². The smallest absolute Gasteiger partial charge is 0.205 e. The Kier molecular flexibility index (Phi) is 2.96. The molecule has 0 saturated heterocycles. The molecule has 2 heterocycles. The van der Waals surface area contributed by atoms with E-state index in [0.29, 0.717) is 9.90 Å². The third-order valence-corrected chi connectivity index (χ3v) is 4.42. The number of rotatable bonds is 2. The van der Waals surface area contributed by atoms with Gasteiger partial charge in [0.2, 0.25) is 5.78 Å². The van der Waals surface area contributed by atoms with Gasteiger partial charge in [-0.2, -0.15) is 0 Å². The van der Waals surface area contributed by atoms with Crippen molar-refractivity contribution in [1.29, 1.82) is 0 Å². The molecule has 0 radical (unpaired) electrons. The summed E-state index contributed by atoms with van der Waals surface area (Å²) in [5.74, 6) is 0.0388. The summed E-state index contributed by atoms with van der Waals surface area (Å²) < 4.78 is 0. The molecule has 0 N–H and O–H groups in total. The van der Waals surface area contributed by atoms with E-state index in [1.54, 1.807) is 17.4 Å². The fraction of sp³-hybridized carbons (Fsp3) is 0.182. The summed E-state index contributed by atoms with van der Waals surface area (Å²) in [5.41, 5.74) is 0.779. The third-order valence-electron chi connectivity index (χ3n) is 2.11. The zero-order valence-electron chi connectivity index (χ0n) is 8.33. The first-order valence-electron chi connectivity index (χ1n) is 4.44. The van der Waals surface area contributed by atoms with Gasteiger partial charge in [0.1, 0.15) is 0 Å². The van der Waals surface area contributed by atoms with Crippen molar-refractivity contribution in [3.8, 4) is 0 Å². The van der Waals surface area contributed by atoms with Crippen molar-refractivity contribution in [1.82, 2.24) is 0 Å². The van der Waals surface area contributed by atoms with E-state index in [1.165, 1.54) is 11.3 Å². The van der Waals surface area contributed by atoms with Crippen LogP contribution in [-0.2, 0) is 0 Å². The molecule has 0 fully saturated rings. The molecule has 2 aromatic heterocycles. The minimum absolute atomic E-state index is 0.0388. The topological polar surface area (TPSA) is 17.1 Å². The van der Waals surface area contributed by atoms with Crippen molar-refractivity contribution in [2.75, 3.05) is 0 Å². The average molecular weight is 257 g/mol. The van der Waals surface area contributed by atoms with E-state index in [0.717, 1.165) is 15.3 Å². The fourth-order valence-corrected chi connectivity index (χ4v) is 3.45. The van der Waals surface area contributed by atoms with E-state index in [9.17, 15) is 4.79 Å². The molecule has 1 nitrogen and oxygen atoms in total. The minimum Gasteiger partial charge on any atom is -0.288 e. The Morgan fingerprint density at radius 1 is 1.40 bits per heavy atom. The lowest BCUT2D eigenvalue weighted by molar-refractivity contribution is 0.104. The van der Waals surface area contributed by atoms with Crippen molar-refractivity contribution in [3.63, 3.8) is 0 Å². The number of ketones is 1. The maximum Gasteiger partial charge on any atom is 0.205 e. The van der Waals surface area contributed by atoms with Gasteiger partial charge in [-0.3, -0.25) is 4.79 Å². The van der Waals surface area contributed by atoms with E-state index in [1.807, 2.05) is 25.3 Å². The highest BCUT2D eigenvalue weighted by Gasteiger charge is 2.17. The number of aryl methyl sites for hydroxylation is 2. The first kappa shape index (κ1) is 10.9. The number of hydrogen-bond donors (Lipinski definition) is 0. The second-order valence-electron chi connectivity index (χ2n) is 3.25. The van der Waals surface area contributed by atoms with Crippen LogP contribution in [0.4, 0.5) is 0 Å². The number of thiophene rings is 2. The second kappa shape index (κ2) is 4.08. The Morgan fingerprint density at radius 3 is 2.60 bits per heavy atom. The largest absolute Gasteiger partial charge is 0.288 e. The van der Waals surface area contributed by atoms with Gasteiger partial charge in [0.05, 0.1) is 9.90 Å². The van der Waals surface area contributed by atoms with Gasteiger partial charge in [-0.05, 0) is 31.4 Å². The highest BCUT2D eigenvalue weighted by molar-refractivity contribution is 7.14. The minimum atomic E-state index is 0.0388.